The summed E-state index contributed by atoms with van der Waals surface area (Å²) >= 11 is 0. The second kappa shape index (κ2) is 8.06. The minimum Gasteiger partial charge on any atom is -0.399 e. The fraction of sp³-hybridized carbons (Fsp3) is 0.611. The van der Waals surface area contributed by atoms with Crippen molar-refractivity contribution in [1.29, 1.82) is 0 Å². The molecule has 0 heterocycles. The summed E-state index contributed by atoms with van der Waals surface area (Å²) in [6.45, 7) is 2.18. The van der Waals surface area contributed by atoms with E-state index in [-0.39, 0.29) is 5.91 Å². The van der Waals surface area contributed by atoms with E-state index in [2.05, 4.69) is 12.2 Å². The Labute approximate surface area is 128 Å². The summed E-state index contributed by atoms with van der Waals surface area (Å²) in [5.74, 6) is 0.838. The molecule has 0 spiro atoms. The van der Waals surface area contributed by atoms with Crippen LogP contribution in [-0.2, 0) is 11.2 Å². The van der Waals surface area contributed by atoms with Gasteiger partial charge in [-0.1, -0.05) is 44.4 Å². The molecule has 1 unspecified atom stereocenters. The minimum atomic E-state index is 0.163. The Morgan fingerprint density at radius 3 is 2.67 bits per heavy atom. The molecule has 1 aromatic rings. The maximum Gasteiger partial charge on any atom is 0.220 e. The van der Waals surface area contributed by atoms with Crippen LogP contribution < -0.4 is 11.1 Å². The molecule has 1 aliphatic rings. The number of aryl methyl sites for hydroxylation is 1. The molecule has 1 fully saturated rings. The average molecular weight is 288 g/mol. The maximum absolute atomic E-state index is 12.2. The van der Waals surface area contributed by atoms with Crippen LogP contribution >= 0.6 is 0 Å². The van der Waals surface area contributed by atoms with Crippen LogP contribution in [0, 0.1) is 5.92 Å². The van der Waals surface area contributed by atoms with E-state index in [9.17, 15) is 4.79 Å². The summed E-state index contributed by atoms with van der Waals surface area (Å²) < 4.78 is 0. The lowest BCUT2D eigenvalue weighted by Crippen LogP contribution is -2.40. The Morgan fingerprint density at radius 2 is 2.00 bits per heavy atom. The molecule has 1 saturated carbocycles. The van der Waals surface area contributed by atoms with E-state index in [1.807, 2.05) is 24.3 Å². The number of para-hydroxylation sites is 1. The van der Waals surface area contributed by atoms with E-state index in [0.717, 1.165) is 24.1 Å². The largest absolute Gasteiger partial charge is 0.399 e. The van der Waals surface area contributed by atoms with Crippen LogP contribution in [0.1, 0.15) is 57.4 Å². The molecular weight excluding hydrogens is 260 g/mol. The molecule has 1 atom stereocenters. The number of benzene rings is 1. The molecule has 116 valence electrons. The van der Waals surface area contributed by atoms with Gasteiger partial charge in [0.15, 0.2) is 0 Å². The third-order valence-corrected chi connectivity index (χ3v) is 4.68. The molecule has 0 bridgehead atoms. The van der Waals surface area contributed by atoms with Crippen molar-refractivity contribution in [3.63, 3.8) is 0 Å². The predicted molar refractivity (Wildman–Crippen MR) is 88.0 cm³/mol. The molecule has 1 aromatic carbocycles. The average Bonchev–Trinajstić information content (AvgIpc) is 2.52. The van der Waals surface area contributed by atoms with Gasteiger partial charge in [-0.05, 0) is 43.2 Å². The molecule has 3 nitrogen and oxygen atoms in total. The van der Waals surface area contributed by atoms with Gasteiger partial charge in [-0.25, -0.2) is 0 Å². The lowest BCUT2D eigenvalue weighted by atomic mass is 9.83. The number of hydrogen-bond acceptors (Lipinski definition) is 2. The molecule has 0 aromatic heterocycles. The summed E-state index contributed by atoms with van der Waals surface area (Å²) in [5, 5.41) is 3.25. The van der Waals surface area contributed by atoms with Crippen molar-refractivity contribution in [2.75, 3.05) is 5.73 Å². The van der Waals surface area contributed by atoms with Crippen molar-refractivity contribution < 1.29 is 4.79 Å². The third-order valence-electron chi connectivity index (χ3n) is 4.68. The summed E-state index contributed by atoms with van der Waals surface area (Å²) in [7, 11) is 0. The highest BCUT2D eigenvalue weighted by atomic mass is 16.1. The molecule has 3 N–H and O–H groups in total. The van der Waals surface area contributed by atoms with Crippen molar-refractivity contribution in [1.82, 2.24) is 5.32 Å². The standard InChI is InChI=1S/C18H28N2O/c1-2-17(15-9-4-3-5-10-15)20-18(21)13-12-14-8-6-7-11-16(14)19/h6-8,11,15,17H,2-5,9-10,12-13,19H2,1H3,(H,20,21). The first-order valence-electron chi connectivity index (χ1n) is 8.33. The van der Waals surface area contributed by atoms with Gasteiger partial charge < -0.3 is 11.1 Å². The van der Waals surface area contributed by atoms with Crippen LogP contribution in [0.4, 0.5) is 5.69 Å². The van der Waals surface area contributed by atoms with Gasteiger partial charge in [0.1, 0.15) is 0 Å². The second-order valence-electron chi connectivity index (χ2n) is 6.18. The van der Waals surface area contributed by atoms with E-state index in [1.54, 1.807) is 0 Å². The van der Waals surface area contributed by atoms with Gasteiger partial charge in [0.2, 0.25) is 5.91 Å². The quantitative estimate of drug-likeness (QED) is 0.785. The number of carbonyl (C=O) groups excluding carboxylic acids is 1. The van der Waals surface area contributed by atoms with Crippen molar-refractivity contribution >= 4 is 11.6 Å². The maximum atomic E-state index is 12.2. The topological polar surface area (TPSA) is 55.1 Å². The molecule has 2 rings (SSSR count). The Hall–Kier alpha value is -1.51. The predicted octanol–water partition coefficient (Wildman–Crippen LogP) is 3.68. The number of nitrogens with one attached hydrogen (secondary N) is 1. The Morgan fingerprint density at radius 1 is 1.29 bits per heavy atom. The number of anilines is 1. The fourth-order valence-electron chi connectivity index (χ4n) is 3.38. The zero-order valence-electron chi connectivity index (χ0n) is 13.1. The summed E-state index contributed by atoms with van der Waals surface area (Å²) in [4.78, 5) is 12.2. The van der Waals surface area contributed by atoms with Gasteiger partial charge in [0.05, 0.1) is 0 Å². The van der Waals surface area contributed by atoms with Crippen molar-refractivity contribution in [3.8, 4) is 0 Å². The first-order valence-corrected chi connectivity index (χ1v) is 8.33. The fourth-order valence-corrected chi connectivity index (χ4v) is 3.38. The van der Waals surface area contributed by atoms with Crippen molar-refractivity contribution in [3.05, 3.63) is 29.8 Å². The van der Waals surface area contributed by atoms with Gasteiger partial charge >= 0.3 is 0 Å². The van der Waals surface area contributed by atoms with Crippen molar-refractivity contribution in [2.45, 2.75) is 64.3 Å². The normalized spacial score (nSPS) is 17.4. The smallest absolute Gasteiger partial charge is 0.220 e. The lowest BCUT2D eigenvalue weighted by molar-refractivity contribution is -0.122. The molecule has 1 aliphatic carbocycles. The number of nitrogen functional groups attached to an aromatic ring is 1. The SMILES string of the molecule is CCC(NC(=O)CCc1ccccc1N)C1CCCCC1. The Bertz CT molecular complexity index is 452. The van der Waals surface area contributed by atoms with Crippen LogP contribution in [0.15, 0.2) is 24.3 Å². The van der Waals surface area contributed by atoms with E-state index in [0.29, 0.717) is 18.4 Å². The van der Waals surface area contributed by atoms with Crippen LogP contribution in [0.5, 0.6) is 0 Å². The minimum absolute atomic E-state index is 0.163. The Kier molecular flexibility index (Phi) is 6.09. The number of hydrogen-bond donors (Lipinski definition) is 2. The monoisotopic (exact) mass is 288 g/mol. The van der Waals surface area contributed by atoms with E-state index in [1.165, 1.54) is 32.1 Å². The Balaban J connectivity index is 1.81. The number of amides is 1. The van der Waals surface area contributed by atoms with Gasteiger partial charge in [-0.15, -0.1) is 0 Å². The van der Waals surface area contributed by atoms with Crippen LogP contribution in [0.25, 0.3) is 0 Å². The van der Waals surface area contributed by atoms with Gasteiger partial charge in [-0.3, -0.25) is 4.79 Å². The van der Waals surface area contributed by atoms with Crippen LogP contribution in [0.3, 0.4) is 0 Å². The highest BCUT2D eigenvalue weighted by Gasteiger charge is 2.23. The van der Waals surface area contributed by atoms with E-state index in [4.69, 9.17) is 5.73 Å². The molecular formula is C18H28N2O. The molecule has 0 saturated heterocycles. The first-order chi connectivity index (χ1) is 10.2. The number of nitrogens with two attached hydrogens (primary N) is 1. The van der Waals surface area contributed by atoms with Crippen LogP contribution in [0.2, 0.25) is 0 Å². The zero-order valence-corrected chi connectivity index (χ0v) is 13.1. The second-order valence-corrected chi connectivity index (χ2v) is 6.18. The van der Waals surface area contributed by atoms with Crippen LogP contribution in [-0.4, -0.2) is 11.9 Å². The summed E-state index contributed by atoms with van der Waals surface area (Å²) in [6, 6.07) is 8.15. The van der Waals surface area contributed by atoms with E-state index >= 15 is 0 Å². The molecule has 0 aliphatic heterocycles. The highest BCUT2D eigenvalue weighted by molar-refractivity contribution is 5.76. The number of carbonyl (C=O) groups is 1. The first kappa shape index (κ1) is 15.9. The zero-order chi connectivity index (χ0) is 15.1. The van der Waals surface area contributed by atoms with Gasteiger partial charge in [0.25, 0.3) is 0 Å². The summed E-state index contributed by atoms with van der Waals surface area (Å²) in [5.41, 5.74) is 7.77. The molecule has 0 radical (unpaired) electrons. The lowest BCUT2D eigenvalue weighted by Gasteiger charge is -2.30. The molecule has 3 heteroatoms. The van der Waals surface area contributed by atoms with Crippen molar-refractivity contribution in [2.24, 2.45) is 5.92 Å². The number of rotatable bonds is 6. The van der Waals surface area contributed by atoms with Gasteiger partial charge in [0, 0.05) is 18.2 Å². The molecule has 21 heavy (non-hydrogen) atoms. The third kappa shape index (κ3) is 4.76. The van der Waals surface area contributed by atoms with E-state index < -0.39 is 0 Å². The summed E-state index contributed by atoms with van der Waals surface area (Å²) in [6.07, 6.45) is 8.80. The highest BCUT2D eigenvalue weighted by Crippen LogP contribution is 2.27. The van der Waals surface area contributed by atoms with Gasteiger partial charge in [-0.2, -0.15) is 0 Å². The molecule has 1 amide bonds.